The minimum atomic E-state index is -0.105. The highest BCUT2D eigenvalue weighted by atomic mass is 32.1. The Hall–Kier alpha value is -1.07. The van der Waals surface area contributed by atoms with E-state index in [1.54, 1.807) is 23.1 Å². The summed E-state index contributed by atoms with van der Waals surface area (Å²) in [6.07, 6.45) is 0.536. The number of aliphatic hydroxyl groups excluding tert-OH is 1. The summed E-state index contributed by atoms with van der Waals surface area (Å²) in [6.45, 7) is 0.566. The Bertz CT molecular complexity index is 397. The van der Waals surface area contributed by atoms with Crippen LogP contribution in [-0.2, 0) is 11.4 Å². The maximum atomic E-state index is 11.7. The van der Waals surface area contributed by atoms with Crippen LogP contribution in [0.2, 0.25) is 0 Å². The molecule has 86 valence electrons. The van der Waals surface area contributed by atoms with Gasteiger partial charge in [0.2, 0.25) is 5.91 Å². The molecule has 0 aliphatic carbocycles. The lowest BCUT2D eigenvalue weighted by atomic mass is 10.1. The van der Waals surface area contributed by atoms with Gasteiger partial charge in [-0.05, 0) is 23.8 Å². The summed E-state index contributed by atoms with van der Waals surface area (Å²) >= 11 is 4.21. The molecule has 1 aliphatic heterocycles. The average Bonchev–Trinajstić information content (AvgIpc) is 2.71. The number of carbonyl (C=O) groups is 1. The number of nitrogens with zero attached hydrogens (tertiary/aromatic N) is 2. The lowest BCUT2D eigenvalue weighted by Gasteiger charge is -2.15. The molecule has 4 nitrogen and oxygen atoms in total. The Morgan fingerprint density at radius 1 is 1.56 bits per heavy atom. The topological polar surface area (TPSA) is 53.4 Å². The highest BCUT2D eigenvalue weighted by molar-refractivity contribution is 7.80. The summed E-state index contributed by atoms with van der Waals surface area (Å²) in [5, 5.41) is 8.99. The summed E-state index contributed by atoms with van der Waals surface area (Å²) in [5.74, 6) is 1.72. The van der Waals surface area contributed by atoms with Gasteiger partial charge >= 0.3 is 0 Å². The average molecular weight is 238 g/mol. The van der Waals surface area contributed by atoms with E-state index in [9.17, 15) is 4.79 Å². The van der Waals surface area contributed by atoms with Gasteiger partial charge in [-0.15, -0.1) is 0 Å². The van der Waals surface area contributed by atoms with E-state index >= 15 is 0 Å². The maximum Gasteiger partial charge on any atom is 0.228 e. The van der Waals surface area contributed by atoms with E-state index < -0.39 is 0 Å². The third-order valence-electron chi connectivity index (χ3n) is 2.69. The van der Waals surface area contributed by atoms with Crippen molar-refractivity contribution in [2.75, 3.05) is 17.2 Å². The zero-order valence-electron chi connectivity index (χ0n) is 8.83. The van der Waals surface area contributed by atoms with Crippen molar-refractivity contribution >= 4 is 24.4 Å². The smallest absolute Gasteiger partial charge is 0.228 e. The molecule has 0 spiro atoms. The maximum absolute atomic E-state index is 11.7. The first-order valence-electron chi connectivity index (χ1n) is 5.22. The number of amides is 1. The van der Waals surface area contributed by atoms with Crippen LogP contribution in [0.1, 0.15) is 12.1 Å². The Kier molecular flexibility index (Phi) is 3.46. The number of rotatable bonds is 3. The molecule has 1 N–H and O–H groups in total. The molecule has 1 atom stereocenters. The summed E-state index contributed by atoms with van der Waals surface area (Å²) in [7, 11) is 0. The minimum absolute atomic E-state index is 0.0849. The molecule has 1 aromatic heterocycles. The molecule has 2 rings (SSSR count). The third kappa shape index (κ3) is 2.20. The number of anilines is 1. The van der Waals surface area contributed by atoms with Crippen LogP contribution >= 0.6 is 12.6 Å². The number of hydrogen-bond donors (Lipinski definition) is 2. The van der Waals surface area contributed by atoms with Crippen LogP contribution < -0.4 is 4.90 Å². The fourth-order valence-corrected chi connectivity index (χ4v) is 2.08. The number of hydrogen-bond acceptors (Lipinski definition) is 4. The molecule has 1 aliphatic rings. The summed E-state index contributed by atoms with van der Waals surface area (Å²) < 4.78 is 0. The number of pyridine rings is 1. The zero-order valence-corrected chi connectivity index (χ0v) is 9.73. The first kappa shape index (κ1) is 11.4. The fourth-order valence-electron chi connectivity index (χ4n) is 1.83. The van der Waals surface area contributed by atoms with Gasteiger partial charge in [0, 0.05) is 13.0 Å². The Morgan fingerprint density at radius 3 is 3.00 bits per heavy atom. The highest BCUT2D eigenvalue weighted by Crippen LogP contribution is 2.24. The van der Waals surface area contributed by atoms with Crippen molar-refractivity contribution in [1.29, 1.82) is 0 Å². The van der Waals surface area contributed by atoms with Crippen LogP contribution in [0.3, 0.4) is 0 Å². The van der Waals surface area contributed by atoms with Crippen LogP contribution in [-0.4, -0.2) is 28.3 Å². The van der Waals surface area contributed by atoms with Crippen molar-refractivity contribution in [2.45, 2.75) is 13.0 Å². The van der Waals surface area contributed by atoms with Gasteiger partial charge in [-0.25, -0.2) is 4.98 Å². The van der Waals surface area contributed by atoms with E-state index in [2.05, 4.69) is 17.6 Å². The molecule has 0 saturated carbocycles. The quantitative estimate of drug-likeness (QED) is 0.768. The van der Waals surface area contributed by atoms with Gasteiger partial charge in [0.1, 0.15) is 5.82 Å². The molecule has 2 heterocycles. The molecular formula is C11H14N2O2S. The normalized spacial score (nSPS) is 20.5. The summed E-state index contributed by atoms with van der Waals surface area (Å²) in [4.78, 5) is 17.6. The third-order valence-corrected chi connectivity index (χ3v) is 3.21. The standard InChI is InChI=1S/C11H14N2O2S/c14-6-9-2-1-3-10(12-9)13-5-8(7-16)4-11(13)15/h1-3,8,14,16H,4-7H2. The predicted octanol–water partition coefficient (Wildman–Crippen LogP) is 0.857. The Labute approximate surface area is 99.7 Å². The van der Waals surface area contributed by atoms with Crippen LogP contribution in [0, 0.1) is 5.92 Å². The minimum Gasteiger partial charge on any atom is -0.390 e. The molecule has 0 aromatic carbocycles. The molecule has 1 aromatic rings. The second kappa shape index (κ2) is 4.84. The molecule has 0 bridgehead atoms. The molecular weight excluding hydrogens is 224 g/mol. The largest absolute Gasteiger partial charge is 0.390 e. The first-order chi connectivity index (χ1) is 7.74. The Balaban J connectivity index is 2.20. The second-order valence-corrected chi connectivity index (χ2v) is 4.27. The number of aromatic nitrogens is 1. The molecule has 0 radical (unpaired) electrons. The van der Waals surface area contributed by atoms with Crippen LogP contribution in [0.25, 0.3) is 0 Å². The van der Waals surface area contributed by atoms with E-state index in [4.69, 9.17) is 5.11 Å². The lowest BCUT2D eigenvalue weighted by molar-refractivity contribution is -0.117. The van der Waals surface area contributed by atoms with E-state index in [-0.39, 0.29) is 12.5 Å². The number of thiol groups is 1. The summed E-state index contributed by atoms with van der Waals surface area (Å²) in [6, 6.07) is 5.33. The monoisotopic (exact) mass is 238 g/mol. The van der Waals surface area contributed by atoms with Crippen molar-refractivity contribution in [2.24, 2.45) is 5.92 Å². The van der Waals surface area contributed by atoms with Gasteiger partial charge < -0.3 is 5.11 Å². The van der Waals surface area contributed by atoms with Crippen molar-refractivity contribution in [3.05, 3.63) is 23.9 Å². The van der Waals surface area contributed by atoms with Crippen LogP contribution in [0.15, 0.2) is 18.2 Å². The van der Waals surface area contributed by atoms with Crippen molar-refractivity contribution in [1.82, 2.24) is 4.98 Å². The molecule has 16 heavy (non-hydrogen) atoms. The second-order valence-electron chi connectivity index (χ2n) is 3.90. The molecule has 1 saturated heterocycles. The van der Waals surface area contributed by atoms with Gasteiger partial charge in [0.25, 0.3) is 0 Å². The predicted molar refractivity (Wildman–Crippen MR) is 64.5 cm³/mol. The Morgan fingerprint density at radius 2 is 2.38 bits per heavy atom. The van der Waals surface area contributed by atoms with Gasteiger partial charge in [-0.2, -0.15) is 12.6 Å². The van der Waals surface area contributed by atoms with Crippen LogP contribution in [0.5, 0.6) is 0 Å². The van der Waals surface area contributed by atoms with E-state index in [0.717, 1.165) is 0 Å². The van der Waals surface area contributed by atoms with Gasteiger partial charge in [0.05, 0.1) is 12.3 Å². The van der Waals surface area contributed by atoms with Crippen molar-refractivity contribution < 1.29 is 9.90 Å². The van der Waals surface area contributed by atoms with Crippen molar-refractivity contribution in [3.8, 4) is 0 Å². The fraction of sp³-hybridized carbons (Fsp3) is 0.455. The number of carbonyl (C=O) groups excluding carboxylic acids is 1. The first-order valence-corrected chi connectivity index (χ1v) is 5.86. The summed E-state index contributed by atoms with van der Waals surface area (Å²) in [5.41, 5.74) is 0.583. The zero-order chi connectivity index (χ0) is 11.5. The van der Waals surface area contributed by atoms with E-state index in [0.29, 0.717) is 36.1 Å². The number of aliphatic hydroxyl groups is 1. The van der Waals surface area contributed by atoms with Crippen molar-refractivity contribution in [3.63, 3.8) is 0 Å². The van der Waals surface area contributed by atoms with Gasteiger partial charge in [-0.3, -0.25) is 9.69 Å². The SMILES string of the molecule is O=C1CC(CS)CN1c1cccc(CO)n1. The van der Waals surface area contributed by atoms with Crippen LogP contribution in [0.4, 0.5) is 5.82 Å². The van der Waals surface area contributed by atoms with Gasteiger partial charge in [0.15, 0.2) is 0 Å². The van der Waals surface area contributed by atoms with E-state index in [1.165, 1.54) is 0 Å². The molecule has 1 unspecified atom stereocenters. The molecule has 1 amide bonds. The highest BCUT2D eigenvalue weighted by Gasteiger charge is 2.30. The van der Waals surface area contributed by atoms with Gasteiger partial charge in [-0.1, -0.05) is 6.07 Å². The van der Waals surface area contributed by atoms with E-state index in [1.807, 2.05) is 0 Å². The molecule has 5 heteroatoms. The lowest BCUT2D eigenvalue weighted by Crippen LogP contribution is -2.25. The molecule has 1 fully saturated rings.